The standard InChI is InChI=1S/C17H18FNO5S/c1-10(2)16(17(21)22)19(25(23)24)15-8-5-12(9-14(15)18)11-3-6-13(20)7-4-11/h3-10,16,20H,1-2H3,(H,21,22)(H,23,24). The number of carboxylic acid groups (broad SMARTS) is 1. The second-order valence-corrected chi connectivity index (χ2v) is 6.65. The maximum atomic E-state index is 14.6. The SMILES string of the molecule is CC(C)C(C(=O)O)N(c1ccc(-c2ccc(O)cc2)cc1F)S(=O)O. The second kappa shape index (κ2) is 7.62. The lowest BCUT2D eigenvalue weighted by atomic mass is 10.0. The first-order valence-electron chi connectivity index (χ1n) is 7.44. The van der Waals surface area contributed by atoms with E-state index in [1.807, 2.05) is 0 Å². The van der Waals surface area contributed by atoms with E-state index in [0.29, 0.717) is 15.4 Å². The molecular formula is C17H18FNO5S. The van der Waals surface area contributed by atoms with Crippen LogP contribution < -0.4 is 4.31 Å². The van der Waals surface area contributed by atoms with Gasteiger partial charge in [0.05, 0.1) is 5.69 Å². The maximum absolute atomic E-state index is 14.6. The van der Waals surface area contributed by atoms with E-state index in [0.717, 1.165) is 6.07 Å². The molecule has 0 fully saturated rings. The Morgan fingerprint density at radius 1 is 1.12 bits per heavy atom. The smallest absolute Gasteiger partial charge is 0.327 e. The highest BCUT2D eigenvalue weighted by Crippen LogP contribution is 2.30. The number of hydrogen-bond donors (Lipinski definition) is 3. The Bertz CT molecular complexity index is 794. The number of nitrogens with zero attached hydrogens (tertiary/aromatic N) is 1. The van der Waals surface area contributed by atoms with Crippen LogP contribution in [-0.2, 0) is 16.1 Å². The van der Waals surface area contributed by atoms with Crippen molar-refractivity contribution < 1.29 is 28.2 Å². The number of phenolic OH excluding ortho intramolecular Hbond substituents is 1. The zero-order chi connectivity index (χ0) is 18.7. The summed E-state index contributed by atoms with van der Waals surface area (Å²) in [5.74, 6) is -2.59. The van der Waals surface area contributed by atoms with Crippen molar-refractivity contribution in [3.8, 4) is 16.9 Å². The third kappa shape index (κ3) is 4.15. The molecule has 2 rings (SSSR count). The molecule has 2 atom stereocenters. The van der Waals surface area contributed by atoms with E-state index in [4.69, 9.17) is 0 Å². The number of benzene rings is 2. The summed E-state index contributed by atoms with van der Waals surface area (Å²) in [5.41, 5.74) is 0.851. The van der Waals surface area contributed by atoms with Crippen molar-refractivity contribution in [1.82, 2.24) is 0 Å². The highest BCUT2D eigenvalue weighted by atomic mass is 32.2. The fourth-order valence-electron chi connectivity index (χ4n) is 2.51. The number of rotatable bonds is 6. The lowest BCUT2D eigenvalue weighted by molar-refractivity contribution is -0.139. The molecule has 0 aliphatic heterocycles. The van der Waals surface area contributed by atoms with Gasteiger partial charge in [-0.2, -0.15) is 0 Å². The molecule has 0 aliphatic rings. The number of aromatic hydroxyl groups is 1. The molecule has 0 saturated carbocycles. The molecule has 25 heavy (non-hydrogen) atoms. The maximum Gasteiger partial charge on any atom is 0.327 e. The Hall–Kier alpha value is -2.45. The van der Waals surface area contributed by atoms with Gasteiger partial charge in [0.15, 0.2) is 0 Å². The first kappa shape index (κ1) is 18.9. The molecule has 0 spiro atoms. The van der Waals surface area contributed by atoms with Crippen molar-refractivity contribution in [2.75, 3.05) is 4.31 Å². The number of hydrogen-bond acceptors (Lipinski definition) is 3. The number of phenols is 1. The van der Waals surface area contributed by atoms with Gasteiger partial charge in [0.25, 0.3) is 11.3 Å². The molecule has 0 radical (unpaired) electrons. The predicted molar refractivity (Wildman–Crippen MR) is 93.0 cm³/mol. The molecule has 2 unspecified atom stereocenters. The molecular weight excluding hydrogens is 349 g/mol. The molecule has 0 heterocycles. The van der Waals surface area contributed by atoms with Gasteiger partial charge >= 0.3 is 5.97 Å². The van der Waals surface area contributed by atoms with Gasteiger partial charge in [0, 0.05) is 0 Å². The molecule has 134 valence electrons. The quantitative estimate of drug-likeness (QED) is 0.681. The van der Waals surface area contributed by atoms with Gasteiger partial charge in [-0.3, -0.25) is 8.86 Å². The number of carbonyl (C=O) groups is 1. The Balaban J connectivity index is 2.48. The minimum absolute atomic E-state index is 0.0731. The van der Waals surface area contributed by atoms with Crippen LogP contribution >= 0.6 is 0 Å². The summed E-state index contributed by atoms with van der Waals surface area (Å²) in [4.78, 5) is 11.5. The molecule has 0 amide bonds. The summed E-state index contributed by atoms with van der Waals surface area (Å²) in [5, 5.41) is 18.6. The van der Waals surface area contributed by atoms with Gasteiger partial charge in [-0.25, -0.2) is 13.4 Å². The summed E-state index contributed by atoms with van der Waals surface area (Å²) < 4.78 is 36.4. The lowest BCUT2D eigenvalue weighted by Gasteiger charge is -2.29. The van der Waals surface area contributed by atoms with E-state index >= 15 is 0 Å². The van der Waals surface area contributed by atoms with Gasteiger partial charge in [-0.05, 0) is 41.3 Å². The summed E-state index contributed by atoms with van der Waals surface area (Å²) in [6, 6.07) is 8.68. The summed E-state index contributed by atoms with van der Waals surface area (Å²) >= 11 is -2.71. The van der Waals surface area contributed by atoms with Gasteiger partial charge < -0.3 is 10.2 Å². The van der Waals surface area contributed by atoms with Crippen LogP contribution in [-0.4, -0.2) is 31.0 Å². The van der Waals surface area contributed by atoms with Crippen molar-refractivity contribution in [3.63, 3.8) is 0 Å². The van der Waals surface area contributed by atoms with Gasteiger partial charge in [-0.1, -0.05) is 32.0 Å². The van der Waals surface area contributed by atoms with E-state index in [1.54, 1.807) is 26.0 Å². The molecule has 3 N–H and O–H groups in total. The molecule has 0 saturated heterocycles. The first-order chi connectivity index (χ1) is 11.7. The van der Waals surface area contributed by atoms with E-state index in [-0.39, 0.29) is 11.4 Å². The predicted octanol–water partition coefficient (Wildman–Crippen LogP) is 3.25. The van der Waals surface area contributed by atoms with Gasteiger partial charge in [0.1, 0.15) is 17.6 Å². The largest absolute Gasteiger partial charge is 0.508 e. The van der Waals surface area contributed by atoms with E-state index in [9.17, 15) is 28.2 Å². The van der Waals surface area contributed by atoms with Crippen molar-refractivity contribution in [2.45, 2.75) is 19.9 Å². The normalized spacial score (nSPS) is 13.5. The van der Waals surface area contributed by atoms with Crippen molar-refractivity contribution >= 4 is 22.9 Å². The van der Waals surface area contributed by atoms with E-state index in [2.05, 4.69) is 0 Å². The van der Waals surface area contributed by atoms with E-state index in [1.165, 1.54) is 24.3 Å². The van der Waals surface area contributed by atoms with Crippen LogP contribution in [0.4, 0.5) is 10.1 Å². The molecule has 0 aromatic heterocycles. The Morgan fingerprint density at radius 2 is 1.68 bits per heavy atom. The lowest BCUT2D eigenvalue weighted by Crippen LogP contribution is -2.46. The molecule has 6 nitrogen and oxygen atoms in total. The van der Waals surface area contributed by atoms with Crippen LogP contribution in [0.1, 0.15) is 13.8 Å². The third-order valence-corrected chi connectivity index (χ3v) is 4.45. The Kier molecular flexibility index (Phi) is 5.76. The summed E-state index contributed by atoms with van der Waals surface area (Å²) in [7, 11) is 0. The average Bonchev–Trinajstić information content (AvgIpc) is 2.52. The molecule has 0 aliphatic carbocycles. The molecule has 2 aromatic rings. The highest BCUT2D eigenvalue weighted by molar-refractivity contribution is 7.80. The van der Waals surface area contributed by atoms with Crippen molar-refractivity contribution in [3.05, 3.63) is 48.3 Å². The average molecular weight is 367 g/mol. The van der Waals surface area contributed by atoms with Gasteiger partial charge in [-0.15, -0.1) is 0 Å². The minimum Gasteiger partial charge on any atom is -0.508 e. The van der Waals surface area contributed by atoms with Crippen LogP contribution in [0, 0.1) is 11.7 Å². The Labute approximate surface area is 147 Å². The number of carboxylic acids is 1. The summed E-state index contributed by atoms with van der Waals surface area (Å²) in [6.07, 6.45) is 0. The minimum atomic E-state index is -2.71. The van der Waals surface area contributed by atoms with Gasteiger partial charge in [0.2, 0.25) is 0 Å². The van der Waals surface area contributed by atoms with Crippen molar-refractivity contribution in [1.29, 1.82) is 0 Å². The molecule has 0 bridgehead atoms. The third-order valence-electron chi connectivity index (χ3n) is 3.69. The molecule has 8 heteroatoms. The fourth-order valence-corrected chi connectivity index (χ4v) is 3.35. The van der Waals surface area contributed by atoms with E-state index < -0.39 is 35.0 Å². The second-order valence-electron chi connectivity index (χ2n) is 5.80. The summed E-state index contributed by atoms with van der Waals surface area (Å²) in [6.45, 7) is 3.14. The first-order valence-corrected chi connectivity index (χ1v) is 8.50. The number of halogens is 1. The number of aliphatic carboxylic acids is 1. The van der Waals surface area contributed by atoms with Crippen LogP contribution in [0.25, 0.3) is 11.1 Å². The molecule has 2 aromatic carbocycles. The number of anilines is 1. The fraction of sp³-hybridized carbons (Fsp3) is 0.235. The zero-order valence-electron chi connectivity index (χ0n) is 13.6. The topological polar surface area (TPSA) is 98.1 Å². The monoisotopic (exact) mass is 367 g/mol. The van der Waals surface area contributed by atoms with Crippen LogP contribution in [0.2, 0.25) is 0 Å². The highest BCUT2D eigenvalue weighted by Gasteiger charge is 2.34. The van der Waals surface area contributed by atoms with Crippen molar-refractivity contribution in [2.24, 2.45) is 5.92 Å². The van der Waals surface area contributed by atoms with Crippen LogP contribution in [0.3, 0.4) is 0 Å². The van der Waals surface area contributed by atoms with Crippen LogP contribution in [0.5, 0.6) is 5.75 Å². The zero-order valence-corrected chi connectivity index (χ0v) is 14.4. The Morgan fingerprint density at radius 3 is 2.12 bits per heavy atom. The van der Waals surface area contributed by atoms with Crippen LogP contribution in [0.15, 0.2) is 42.5 Å².